The van der Waals surface area contributed by atoms with Gasteiger partial charge in [-0.15, -0.1) is 0 Å². The topological polar surface area (TPSA) is 3.24 Å². The first-order valence-corrected chi connectivity index (χ1v) is 6.51. The summed E-state index contributed by atoms with van der Waals surface area (Å²) >= 11 is 0. The van der Waals surface area contributed by atoms with Gasteiger partial charge in [-0.25, -0.2) is 0 Å². The monoisotopic (exact) mass is 247 g/mol. The number of nitrogens with zero attached hydrogens (tertiary/aromatic N) is 1. The number of halogens is 1. The maximum absolute atomic E-state index is 2.62. The van der Waals surface area contributed by atoms with E-state index in [0.717, 1.165) is 0 Å². The minimum Gasteiger partial charge on any atom is -0.302 e. The van der Waals surface area contributed by atoms with E-state index >= 15 is 0 Å². The molecule has 17 heavy (non-hydrogen) atoms. The van der Waals surface area contributed by atoms with Crippen LogP contribution in [0, 0.1) is 16.2 Å². The average molecular weight is 247 g/mol. The van der Waals surface area contributed by atoms with Crippen LogP contribution in [0.3, 0.4) is 0 Å². The SMILES string of the molecule is CC(C)(C)CN(CC(C)(C)C)CC(C)(C)C.F. The predicted octanol–water partition coefficient (Wildman–Crippen LogP) is 4.58. The molecule has 1 nitrogen and oxygen atoms in total. The van der Waals surface area contributed by atoms with Crippen LogP contribution in [0.4, 0.5) is 4.70 Å². The quantitative estimate of drug-likeness (QED) is 0.705. The van der Waals surface area contributed by atoms with E-state index in [9.17, 15) is 0 Å². The highest BCUT2D eigenvalue weighted by atomic mass is 19.0. The summed E-state index contributed by atoms with van der Waals surface area (Å²) in [7, 11) is 0. The van der Waals surface area contributed by atoms with Gasteiger partial charge in [-0.1, -0.05) is 62.3 Å². The Morgan fingerprint density at radius 2 is 0.706 bits per heavy atom. The molecule has 0 aliphatic heterocycles. The molecule has 0 fully saturated rings. The van der Waals surface area contributed by atoms with E-state index in [1.807, 2.05) is 0 Å². The Kier molecular flexibility index (Phi) is 6.98. The normalized spacial score (nSPS) is 13.8. The van der Waals surface area contributed by atoms with Crippen molar-refractivity contribution in [3.8, 4) is 0 Å². The maximum Gasteiger partial charge on any atom is 0.00305 e. The fraction of sp³-hybridized carbons (Fsp3) is 1.00. The summed E-state index contributed by atoms with van der Waals surface area (Å²) in [6, 6.07) is 0. The van der Waals surface area contributed by atoms with Gasteiger partial charge in [0.15, 0.2) is 0 Å². The molecule has 0 aromatic heterocycles. The maximum atomic E-state index is 2.62. The Morgan fingerprint density at radius 3 is 0.824 bits per heavy atom. The minimum absolute atomic E-state index is 0. The summed E-state index contributed by atoms with van der Waals surface area (Å²) in [5.74, 6) is 0. The Morgan fingerprint density at radius 1 is 0.529 bits per heavy atom. The zero-order valence-corrected chi connectivity index (χ0v) is 13.5. The standard InChI is InChI=1S/C15H33N.FH/c1-13(2,3)10-16(11-14(4,5)6)12-15(7,8)9;/h10-12H2,1-9H3;1H. The molecule has 0 atom stereocenters. The molecule has 0 heterocycles. The van der Waals surface area contributed by atoms with Crippen molar-refractivity contribution >= 4 is 0 Å². The zero-order valence-electron chi connectivity index (χ0n) is 13.5. The molecule has 0 radical (unpaired) electrons. The lowest BCUT2D eigenvalue weighted by atomic mass is 9.89. The molecule has 0 aliphatic carbocycles. The first-order valence-electron chi connectivity index (χ1n) is 6.51. The molecule has 0 aliphatic rings. The van der Waals surface area contributed by atoms with Gasteiger partial charge in [-0.3, -0.25) is 4.70 Å². The fourth-order valence-corrected chi connectivity index (χ4v) is 2.18. The Hall–Kier alpha value is -0.110. The first kappa shape index (κ1) is 19.2. The van der Waals surface area contributed by atoms with Crippen LogP contribution in [-0.2, 0) is 0 Å². The molecule has 0 saturated heterocycles. The summed E-state index contributed by atoms with van der Waals surface area (Å²) in [6.07, 6.45) is 0. The first-order chi connectivity index (χ1) is 6.79. The van der Waals surface area contributed by atoms with Crippen LogP contribution in [-0.4, -0.2) is 24.5 Å². The van der Waals surface area contributed by atoms with E-state index in [1.54, 1.807) is 0 Å². The van der Waals surface area contributed by atoms with Crippen LogP contribution in [0.5, 0.6) is 0 Å². The van der Waals surface area contributed by atoms with Crippen molar-refractivity contribution < 1.29 is 4.70 Å². The van der Waals surface area contributed by atoms with Crippen molar-refractivity contribution in [2.24, 2.45) is 16.2 Å². The number of hydrogen-bond donors (Lipinski definition) is 0. The second-order valence-corrected chi connectivity index (χ2v) is 8.83. The smallest absolute Gasteiger partial charge is 0.00305 e. The summed E-state index contributed by atoms with van der Waals surface area (Å²) in [5.41, 5.74) is 1.16. The van der Waals surface area contributed by atoms with Crippen LogP contribution in [0.1, 0.15) is 62.3 Å². The van der Waals surface area contributed by atoms with E-state index in [-0.39, 0.29) is 4.70 Å². The highest BCUT2D eigenvalue weighted by molar-refractivity contribution is 4.78. The summed E-state index contributed by atoms with van der Waals surface area (Å²) in [4.78, 5) is 2.62. The molecule has 0 amide bonds. The average Bonchev–Trinajstić information content (AvgIpc) is 1.70. The molecule has 0 saturated carbocycles. The third kappa shape index (κ3) is 13.8. The second-order valence-electron chi connectivity index (χ2n) is 8.83. The van der Waals surface area contributed by atoms with Gasteiger partial charge in [0, 0.05) is 19.6 Å². The van der Waals surface area contributed by atoms with E-state index < -0.39 is 0 Å². The predicted molar refractivity (Wildman–Crippen MR) is 77.3 cm³/mol. The van der Waals surface area contributed by atoms with E-state index in [1.165, 1.54) is 19.6 Å². The summed E-state index contributed by atoms with van der Waals surface area (Å²) in [5, 5.41) is 0. The molecule has 0 aromatic rings. The van der Waals surface area contributed by atoms with Crippen LogP contribution in [0.15, 0.2) is 0 Å². The van der Waals surface area contributed by atoms with Crippen molar-refractivity contribution in [2.45, 2.75) is 62.3 Å². The van der Waals surface area contributed by atoms with Crippen molar-refractivity contribution in [1.82, 2.24) is 4.90 Å². The van der Waals surface area contributed by atoms with Gasteiger partial charge in [0.05, 0.1) is 0 Å². The Bertz CT molecular complexity index is 164. The van der Waals surface area contributed by atoms with Gasteiger partial charge in [0.25, 0.3) is 0 Å². The van der Waals surface area contributed by atoms with E-state index in [4.69, 9.17) is 0 Å². The van der Waals surface area contributed by atoms with Crippen molar-refractivity contribution in [1.29, 1.82) is 0 Å². The van der Waals surface area contributed by atoms with Crippen LogP contribution >= 0.6 is 0 Å². The van der Waals surface area contributed by atoms with Crippen LogP contribution < -0.4 is 0 Å². The van der Waals surface area contributed by atoms with Crippen LogP contribution in [0.2, 0.25) is 0 Å². The van der Waals surface area contributed by atoms with Gasteiger partial charge in [0.1, 0.15) is 0 Å². The van der Waals surface area contributed by atoms with Crippen molar-refractivity contribution in [3.05, 3.63) is 0 Å². The molecular weight excluding hydrogens is 213 g/mol. The molecule has 0 N–H and O–H groups in total. The Balaban J connectivity index is 0. The lowest BCUT2D eigenvalue weighted by Crippen LogP contribution is -2.42. The summed E-state index contributed by atoms with van der Waals surface area (Å²) in [6.45, 7) is 24.5. The van der Waals surface area contributed by atoms with Crippen molar-refractivity contribution in [2.75, 3.05) is 19.6 Å². The molecule has 0 rings (SSSR count). The van der Waals surface area contributed by atoms with Gasteiger partial charge >= 0.3 is 0 Å². The lowest BCUT2D eigenvalue weighted by molar-refractivity contribution is 0.103. The van der Waals surface area contributed by atoms with Crippen molar-refractivity contribution in [3.63, 3.8) is 0 Å². The lowest BCUT2D eigenvalue weighted by Gasteiger charge is -2.38. The molecule has 2 heteroatoms. The molecule has 0 aromatic carbocycles. The largest absolute Gasteiger partial charge is 0.302 e. The minimum atomic E-state index is 0. The molecule has 0 spiro atoms. The zero-order chi connectivity index (χ0) is 13.2. The second kappa shape index (κ2) is 6.17. The fourth-order valence-electron chi connectivity index (χ4n) is 2.18. The third-order valence-electron chi connectivity index (χ3n) is 2.09. The van der Waals surface area contributed by atoms with E-state index in [0.29, 0.717) is 16.2 Å². The molecule has 106 valence electrons. The van der Waals surface area contributed by atoms with Gasteiger partial charge in [-0.05, 0) is 16.2 Å². The third-order valence-corrected chi connectivity index (χ3v) is 2.09. The Labute approximate surface area is 108 Å². The highest BCUT2D eigenvalue weighted by Gasteiger charge is 2.25. The van der Waals surface area contributed by atoms with Gasteiger partial charge < -0.3 is 4.90 Å². The van der Waals surface area contributed by atoms with Gasteiger partial charge in [-0.2, -0.15) is 0 Å². The molecule has 0 bridgehead atoms. The summed E-state index contributed by atoms with van der Waals surface area (Å²) < 4.78 is 0. The molecule has 0 unspecified atom stereocenters. The van der Waals surface area contributed by atoms with Gasteiger partial charge in [0.2, 0.25) is 0 Å². The molecular formula is C15H34FN. The van der Waals surface area contributed by atoms with E-state index in [2.05, 4.69) is 67.2 Å². The van der Waals surface area contributed by atoms with Crippen LogP contribution in [0.25, 0.3) is 0 Å². The number of hydrogen-bond acceptors (Lipinski definition) is 1. The number of rotatable bonds is 3. The highest BCUT2D eigenvalue weighted by Crippen LogP contribution is 2.24.